The third kappa shape index (κ3) is 1.88. The summed E-state index contributed by atoms with van der Waals surface area (Å²) in [5, 5.41) is 8.76. The minimum Gasteiger partial charge on any atom is -0.316 e. The highest BCUT2D eigenvalue weighted by Gasteiger charge is 2.05. The van der Waals surface area contributed by atoms with E-state index in [2.05, 4.69) is 47.1 Å². The molecule has 15 heavy (non-hydrogen) atoms. The van der Waals surface area contributed by atoms with Gasteiger partial charge in [0.15, 0.2) is 0 Å². The zero-order valence-corrected chi connectivity index (χ0v) is 9.49. The molecular formula is C12H17N3. The van der Waals surface area contributed by atoms with Crippen molar-refractivity contribution in [3.63, 3.8) is 0 Å². The fraction of sp³-hybridized carbons (Fsp3) is 0.417. The molecule has 3 heteroatoms. The van der Waals surface area contributed by atoms with Crippen LogP contribution in [0.2, 0.25) is 0 Å². The summed E-state index contributed by atoms with van der Waals surface area (Å²) in [6.07, 6.45) is 1.94. The highest BCUT2D eigenvalue weighted by molar-refractivity contribution is 5.79. The maximum atomic E-state index is 4.39. The second kappa shape index (κ2) is 4.03. The molecule has 1 aromatic carbocycles. The Morgan fingerprint density at radius 2 is 2.20 bits per heavy atom. The van der Waals surface area contributed by atoms with Gasteiger partial charge in [0.05, 0.1) is 11.7 Å². The molecule has 0 aliphatic rings. The SMILES string of the molecule is CNCc1ccc2c(cnn2C(C)C)c1. The molecule has 0 fully saturated rings. The van der Waals surface area contributed by atoms with E-state index in [4.69, 9.17) is 0 Å². The first-order valence-electron chi connectivity index (χ1n) is 5.33. The Balaban J connectivity index is 2.47. The molecule has 0 radical (unpaired) electrons. The largest absolute Gasteiger partial charge is 0.316 e. The van der Waals surface area contributed by atoms with Crippen molar-refractivity contribution < 1.29 is 0 Å². The summed E-state index contributed by atoms with van der Waals surface area (Å²) >= 11 is 0. The Bertz CT molecular complexity index is 457. The molecule has 0 aliphatic carbocycles. The fourth-order valence-corrected chi connectivity index (χ4v) is 1.83. The van der Waals surface area contributed by atoms with Crippen molar-refractivity contribution in [2.45, 2.75) is 26.4 Å². The average molecular weight is 203 g/mol. The van der Waals surface area contributed by atoms with Crippen LogP contribution in [0.5, 0.6) is 0 Å². The third-order valence-electron chi connectivity index (χ3n) is 2.53. The average Bonchev–Trinajstić information content (AvgIpc) is 2.61. The first-order chi connectivity index (χ1) is 7.22. The minimum absolute atomic E-state index is 0.414. The van der Waals surface area contributed by atoms with Gasteiger partial charge in [-0.05, 0) is 38.6 Å². The van der Waals surface area contributed by atoms with Crippen molar-refractivity contribution in [2.24, 2.45) is 0 Å². The van der Waals surface area contributed by atoms with Crippen molar-refractivity contribution >= 4 is 10.9 Å². The van der Waals surface area contributed by atoms with Crippen LogP contribution in [0.4, 0.5) is 0 Å². The van der Waals surface area contributed by atoms with Gasteiger partial charge in [-0.2, -0.15) is 5.10 Å². The van der Waals surface area contributed by atoms with E-state index < -0.39 is 0 Å². The Morgan fingerprint density at radius 3 is 2.87 bits per heavy atom. The first-order valence-corrected chi connectivity index (χ1v) is 5.33. The molecule has 2 rings (SSSR count). The zero-order valence-electron chi connectivity index (χ0n) is 9.49. The summed E-state index contributed by atoms with van der Waals surface area (Å²) in [5.74, 6) is 0. The molecule has 1 N–H and O–H groups in total. The molecule has 0 bridgehead atoms. The monoisotopic (exact) mass is 203 g/mol. The highest BCUT2D eigenvalue weighted by Crippen LogP contribution is 2.18. The van der Waals surface area contributed by atoms with Crippen molar-refractivity contribution in [1.29, 1.82) is 0 Å². The second-order valence-electron chi connectivity index (χ2n) is 4.11. The molecule has 1 heterocycles. The van der Waals surface area contributed by atoms with Crippen LogP contribution in [0, 0.1) is 0 Å². The van der Waals surface area contributed by atoms with Gasteiger partial charge in [-0.25, -0.2) is 0 Å². The van der Waals surface area contributed by atoms with E-state index in [1.165, 1.54) is 16.5 Å². The van der Waals surface area contributed by atoms with Gasteiger partial charge in [0.25, 0.3) is 0 Å². The molecule has 0 amide bonds. The highest BCUT2D eigenvalue weighted by atomic mass is 15.3. The molecule has 0 spiro atoms. The van der Waals surface area contributed by atoms with Gasteiger partial charge in [-0.15, -0.1) is 0 Å². The van der Waals surface area contributed by atoms with Crippen LogP contribution < -0.4 is 5.32 Å². The molecule has 2 aromatic rings. The summed E-state index contributed by atoms with van der Waals surface area (Å²) < 4.78 is 2.05. The Hall–Kier alpha value is -1.35. The Morgan fingerprint density at radius 1 is 1.40 bits per heavy atom. The molecule has 0 atom stereocenters. The molecule has 0 saturated carbocycles. The second-order valence-corrected chi connectivity index (χ2v) is 4.11. The standard InChI is InChI=1S/C12H17N3/c1-9(2)15-12-5-4-10(7-13-3)6-11(12)8-14-15/h4-6,8-9,13H,7H2,1-3H3. The van der Waals surface area contributed by atoms with Gasteiger partial charge < -0.3 is 5.32 Å². The molecule has 80 valence electrons. The van der Waals surface area contributed by atoms with Crippen LogP contribution in [0.25, 0.3) is 10.9 Å². The molecule has 1 aromatic heterocycles. The quantitative estimate of drug-likeness (QED) is 0.829. The molecule has 0 aliphatic heterocycles. The first kappa shape index (κ1) is 10.2. The normalized spacial score (nSPS) is 11.5. The lowest BCUT2D eigenvalue weighted by Crippen LogP contribution is -2.05. The topological polar surface area (TPSA) is 29.9 Å². The minimum atomic E-state index is 0.414. The van der Waals surface area contributed by atoms with Gasteiger partial charge >= 0.3 is 0 Å². The number of aromatic nitrogens is 2. The lowest BCUT2D eigenvalue weighted by molar-refractivity contribution is 0.551. The molecule has 0 unspecified atom stereocenters. The van der Waals surface area contributed by atoms with Crippen LogP contribution in [0.15, 0.2) is 24.4 Å². The summed E-state index contributed by atoms with van der Waals surface area (Å²) in [4.78, 5) is 0. The summed E-state index contributed by atoms with van der Waals surface area (Å²) in [6, 6.07) is 6.91. The molecule has 3 nitrogen and oxygen atoms in total. The van der Waals surface area contributed by atoms with Crippen LogP contribution in [-0.4, -0.2) is 16.8 Å². The van der Waals surface area contributed by atoms with Gasteiger partial charge in [0, 0.05) is 18.0 Å². The van der Waals surface area contributed by atoms with Crippen molar-refractivity contribution in [3.05, 3.63) is 30.0 Å². The number of nitrogens with zero attached hydrogens (tertiary/aromatic N) is 2. The van der Waals surface area contributed by atoms with E-state index >= 15 is 0 Å². The maximum absolute atomic E-state index is 4.39. The number of nitrogens with one attached hydrogen (secondary N) is 1. The van der Waals surface area contributed by atoms with E-state index in [0.717, 1.165) is 6.54 Å². The van der Waals surface area contributed by atoms with Crippen molar-refractivity contribution in [3.8, 4) is 0 Å². The van der Waals surface area contributed by atoms with Crippen LogP contribution in [0.3, 0.4) is 0 Å². The number of hydrogen-bond acceptors (Lipinski definition) is 2. The van der Waals surface area contributed by atoms with E-state index in [9.17, 15) is 0 Å². The Labute approximate surface area is 90.1 Å². The molecular weight excluding hydrogens is 186 g/mol. The number of rotatable bonds is 3. The summed E-state index contributed by atoms with van der Waals surface area (Å²) in [5.41, 5.74) is 2.51. The maximum Gasteiger partial charge on any atom is 0.0685 e. The summed E-state index contributed by atoms with van der Waals surface area (Å²) in [6.45, 7) is 5.20. The van der Waals surface area contributed by atoms with Crippen molar-refractivity contribution in [2.75, 3.05) is 7.05 Å². The smallest absolute Gasteiger partial charge is 0.0685 e. The Kier molecular flexibility index (Phi) is 2.73. The number of benzene rings is 1. The van der Waals surface area contributed by atoms with E-state index in [1.54, 1.807) is 0 Å². The van der Waals surface area contributed by atoms with Crippen LogP contribution in [-0.2, 0) is 6.54 Å². The van der Waals surface area contributed by atoms with Gasteiger partial charge in [-0.3, -0.25) is 4.68 Å². The van der Waals surface area contributed by atoms with E-state index in [1.807, 2.05) is 13.2 Å². The van der Waals surface area contributed by atoms with E-state index in [0.29, 0.717) is 6.04 Å². The van der Waals surface area contributed by atoms with Gasteiger partial charge in [0.1, 0.15) is 0 Å². The van der Waals surface area contributed by atoms with Gasteiger partial charge in [0.2, 0.25) is 0 Å². The molecule has 0 saturated heterocycles. The fourth-order valence-electron chi connectivity index (χ4n) is 1.83. The lowest BCUT2D eigenvalue weighted by atomic mass is 10.1. The predicted molar refractivity (Wildman–Crippen MR) is 62.9 cm³/mol. The van der Waals surface area contributed by atoms with Crippen molar-refractivity contribution in [1.82, 2.24) is 15.1 Å². The number of hydrogen-bond donors (Lipinski definition) is 1. The van der Waals surface area contributed by atoms with Gasteiger partial charge in [-0.1, -0.05) is 6.07 Å². The zero-order chi connectivity index (χ0) is 10.8. The van der Waals surface area contributed by atoms with E-state index in [-0.39, 0.29) is 0 Å². The van der Waals surface area contributed by atoms with Crippen LogP contribution in [0.1, 0.15) is 25.5 Å². The summed E-state index contributed by atoms with van der Waals surface area (Å²) in [7, 11) is 1.96. The predicted octanol–water partition coefficient (Wildman–Crippen LogP) is 2.34. The number of fused-ring (bicyclic) bond motifs is 1. The third-order valence-corrected chi connectivity index (χ3v) is 2.53. The van der Waals surface area contributed by atoms with Crippen LogP contribution >= 0.6 is 0 Å². The lowest BCUT2D eigenvalue weighted by Gasteiger charge is -2.07.